The second-order valence-corrected chi connectivity index (χ2v) is 7.56. The lowest BCUT2D eigenvalue weighted by Gasteiger charge is -2.09. The van der Waals surface area contributed by atoms with E-state index in [1.807, 2.05) is 60.7 Å². The average Bonchev–Trinajstić information content (AvgIpc) is 3.35. The largest absolute Gasteiger partial charge is 0.593 e. The maximum atomic E-state index is 10.1. The molecule has 2 heterocycles. The van der Waals surface area contributed by atoms with Crippen LogP contribution < -0.4 is 0 Å². The first kappa shape index (κ1) is 17.9. The minimum absolute atomic E-state index is 0.518. The van der Waals surface area contributed by atoms with Crippen LogP contribution in [0.15, 0.2) is 97.1 Å². The lowest BCUT2D eigenvalue weighted by molar-refractivity contribution is 0.394. The fourth-order valence-electron chi connectivity index (χ4n) is 4.45. The molecule has 0 aliphatic heterocycles. The van der Waals surface area contributed by atoms with Gasteiger partial charge in [0.1, 0.15) is 5.82 Å². The summed E-state index contributed by atoms with van der Waals surface area (Å²) in [7, 11) is -1.68. The van der Waals surface area contributed by atoms with Crippen LogP contribution in [-0.4, -0.2) is 31.3 Å². The number of rotatable bonds is 3. The highest BCUT2D eigenvalue weighted by molar-refractivity contribution is 6.41. The molecule has 2 aromatic heterocycles. The summed E-state index contributed by atoms with van der Waals surface area (Å²) >= 11 is 0. The third-order valence-corrected chi connectivity index (χ3v) is 5.77. The van der Waals surface area contributed by atoms with Crippen LogP contribution in [0, 0.1) is 0 Å². The zero-order valence-corrected chi connectivity index (χ0v) is 16.6. The molecular weight excluding hydrogens is 385 g/mol. The minimum Gasteiger partial charge on any atom is -0.407 e. The lowest BCUT2D eigenvalue weighted by atomic mass is 10.1. The number of para-hydroxylation sites is 2. The van der Waals surface area contributed by atoms with Gasteiger partial charge in [0.2, 0.25) is 0 Å². The van der Waals surface area contributed by atoms with E-state index in [9.17, 15) is 10.0 Å². The van der Waals surface area contributed by atoms with E-state index in [-0.39, 0.29) is 0 Å². The van der Waals surface area contributed by atoms with Crippen molar-refractivity contribution >= 4 is 40.1 Å². The van der Waals surface area contributed by atoms with Gasteiger partial charge in [-0.3, -0.25) is 0 Å². The zero-order chi connectivity index (χ0) is 20.9. The second-order valence-electron chi connectivity index (χ2n) is 7.56. The molecule has 0 unspecified atom stereocenters. The molecule has 6 aromatic rings. The van der Waals surface area contributed by atoms with Gasteiger partial charge in [0.15, 0.2) is 0 Å². The molecule has 148 valence electrons. The van der Waals surface area contributed by atoms with Crippen LogP contribution in [-0.2, 0) is 0 Å². The van der Waals surface area contributed by atoms with Crippen molar-refractivity contribution in [1.29, 1.82) is 0 Å². The van der Waals surface area contributed by atoms with Gasteiger partial charge in [-0.25, -0.2) is 4.98 Å². The van der Waals surface area contributed by atoms with Crippen LogP contribution in [0.3, 0.4) is 0 Å². The van der Waals surface area contributed by atoms with Crippen molar-refractivity contribution in [3.63, 3.8) is 0 Å². The SMILES string of the molecule is OB(O)n1c(-c2ccccc2)nc2cc(-n3c4ccccc4c4ccccc43)ccc21. The van der Waals surface area contributed by atoms with Crippen LogP contribution in [0.4, 0.5) is 0 Å². The highest BCUT2D eigenvalue weighted by atomic mass is 16.4. The Labute approximate surface area is 178 Å². The number of aromatic nitrogens is 3. The third kappa shape index (κ3) is 2.70. The summed E-state index contributed by atoms with van der Waals surface area (Å²) in [6.07, 6.45) is 0. The molecule has 6 heteroatoms. The topological polar surface area (TPSA) is 63.2 Å². The zero-order valence-electron chi connectivity index (χ0n) is 16.6. The summed E-state index contributed by atoms with van der Waals surface area (Å²) in [5, 5.41) is 22.5. The van der Waals surface area contributed by atoms with Gasteiger partial charge >= 0.3 is 7.25 Å². The molecule has 4 aromatic carbocycles. The maximum Gasteiger partial charge on any atom is 0.593 e. The standard InChI is InChI=1S/C25H18BN3O2/c30-26(31)29-24-15-14-18(16-21(24)27-25(29)17-8-2-1-3-9-17)28-22-12-6-4-10-19(22)20-11-5-7-13-23(20)28/h1-16,30-31H. The summed E-state index contributed by atoms with van der Waals surface area (Å²) in [5.41, 5.74) is 5.40. The fraction of sp³-hybridized carbons (Fsp3) is 0. The van der Waals surface area contributed by atoms with Crippen LogP contribution >= 0.6 is 0 Å². The van der Waals surface area contributed by atoms with Gasteiger partial charge in [0, 0.05) is 22.0 Å². The number of hydrogen-bond donors (Lipinski definition) is 2. The first-order valence-electron chi connectivity index (χ1n) is 10.1. The molecule has 0 atom stereocenters. The predicted octanol–water partition coefficient (Wildman–Crippen LogP) is 4.62. The summed E-state index contributed by atoms with van der Waals surface area (Å²) in [4.78, 5) is 4.76. The molecule has 6 rings (SSSR count). The Morgan fingerprint density at radius 2 is 1.26 bits per heavy atom. The number of hydrogen-bond acceptors (Lipinski definition) is 3. The van der Waals surface area contributed by atoms with E-state index in [0.717, 1.165) is 22.3 Å². The van der Waals surface area contributed by atoms with Crippen molar-refractivity contribution in [2.45, 2.75) is 0 Å². The van der Waals surface area contributed by atoms with Crippen molar-refractivity contribution in [1.82, 2.24) is 14.0 Å². The van der Waals surface area contributed by atoms with E-state index in [0.29, 0.717) is 16.9 Å². The Bertz CT molecular complexity index is 1520. The van der Waals surface area contributed by atoms with Crippen LogP contribution in [0.5, 0.6) is 0 Å². The highest BCUT2D eigenvalue weighted by Crippen LogP contribution is 2.33. The third-order valence-electron chi connectivity index (χ3n) is 5.77. The molecule has 31 heavy (non-hydrogen) atoms. The molecule has 5 nitrogen and oxygen atoms in total. The van der Waals surface area contributed by atoms with Gasteiger partial charge in [-0.15, -0.1) is 0 Å². The van der Waals surface area contributed by atoms with Crippen molar-refractivity contribution < 1.29 is 10.0 Å². The van der Waals surface area contributed by atoms with E-state index in [1.165, 1.54) is 15.3 Å². The minimum atomic E-state index is -1.68. The predicted molar refractivity (Wildman–Crippen MR) is 125 cm³/mol. The second kappa shape index (κ2) is 6.84. The van der Waals surface area contributed by atoms with Gasteiger partial charge in [-0.2, -0.15) is 0 Å². The maximum absolute atomic E-state index is 10.1. The van der Waals surface area contributed by atoms with E-state index in [2.05, 4.69) is 41.0 Å². The van der Waals surface area contributed by atoms with Crippen molar-refractivity contribution in [3.8, 4) is 17.1 Å². The summed E-state index contributed by atoms with van der Waals surface area (Å²) in [5.74, 6) is 0.518. The molecule has 0 saturated heterocycles. The Morgan fingerprint density at radius 3 is 1.90 bits per heavy atom. The van der Waals surface area contributed by atoms with Crippen LogP contribution in [0.1, 0.15) is 0 Å². The van der Waals surface area contributed by atoms with Crippen molar-refractivity contribution in [2.75, 3.05) is 0 Å². The van der Waals surface area contributed by atoms with Crippen LogP contribution in [0.2, 0.25) is 0 Å². The van der Waals surface area contributed by atoms with E-state index in [4.69, 9.17) is 4.98 Å². The monoisotopic (exact) mass is 403 g/mol. The molecule has 0 aliphatic rings. The summed E-state index contributed by atoms with van der Waals surface area (Å²) < 4.78 is 3.67. The first-order chi connectivity index (χ1) is 15.2. The molecule has 0 amide bonds. The molecule has 2 N–H and O–H groups in total. The van der Waals surface area contributed by atoms with Gasteiger partial charge in [0.05, 0.1) is 22.1 Å². The first-order valence-corrected chi connectivity index (χ1v) is 10.1. The average molecular weight is 403 g/mol. The Hall–Kier alpha value is -3.87. The van der Waals surface area contributed by atoms with E-state index in [1.54, 1.807) is 0 Å². The molecule has 0 saturated carbocycles. The van der Waals surface area contributed by atoms with Crippen molar-refractivity contribution in [3.05, 3.63) is 97.1 Å². The smallest absolute Gasteiger partial charge is 0.407 e. The van der Waals surface area contributed by atoms with E-state index < -0.39 is 7.25 Å². The fourth-order valence-corrected chi connectivity index (χ4v) is 4.45. The van der Waals surface area contributed by atoms with Gasteiger partial charge < -0.3 is 19.1 Å². The molecule has 0 radical (unpaired) electrons. The van der Waals surface area contributed by atoms with Crippen LogP contribution in [0.25, 0.3) is 49.9 Å². The van der Waals surface area contributed by atoms with Gasteiger partial charge in [0.25, 0.3) is 0 Å². The van der Waals surface area contributed by atoms with Gasteiger partial charge in [-0.05, 0) is 30.3 Å². The number of imidazole rings is 1. The lowest BCUT2D eigenvalue weighted by Crippen LogP contribution is -2.24. The Balaban J connectivity index is 1.64. The van der Waals surface area contributed by atoms with Gasteiger partial charge in [-0.1, -0.05) is 66.7 Å². The normalized spacial score (nSPS) is 11.5. The number of fused-ring (bicyclic) bond motifs is 4. The Kier molecular flexibility index (Phi) is 3.96. The quantitative estimate of drug-likeness (QED) is 0.424. The highest BCUT2D eigenvalue weighted by Gasteiger charge is 2.22. The van der Waals surface area contributed by atoms with E-state index >= 15 is 0 Å². The summed E-state index contributed by atoms with van der Waals surface area (Å²) in [6.45, 7) is 0. The molecular formula is C25H18BN3O2. The molecule has 0 bridgehead atoms. The Morgan fingerprint density at radius 1 is 0.645 bits per heavy atom. The molecule has 0 spiro atoms. The number of nitrogens with zero attached hydrogens (tertiary/aromatic N) is 3. The molecule has 0 aliphatic carbocycles. The summed E-state index contributed by atoms with van der Waals surface area (Å²) in [6, 6.07) is 32.2. The molecule has 0 fully saturated rings. The number of benzene rings is 4. The van der Waals surface area contributed by atoms with Crippen molar-refractivity contribution in [2.24, 2.45) is 0 Å².